The van der Waals surface area contributed by atoms with Gasteiger partial charge in [0, 0.05) is 86.0 Å². The number of imidazole rings is 3. The number of nitro groups is 2. The van der Waals surface area contributed by atoms with Crippen molar-refractivity contribution in [2.45, 2.75) is 96.2 Å². The number of fused-ring (bicyclic) bond motifs is 1. The Morgan fingerprint density at radius 1 is 0.503 bits per heavy atom. The zero-order valence-electron chi connectivity index (χ0n) is 78.4. The van der Waals surface area contributed by atoms with Crippen LogP contribution in [0, 0.1) is 20.2 Å². The maximum absolute atomic E-state index is 12.9. The summed E-state index contributed by atoms with van der Waals surface area (Å²) in [4.78, 5) is 117. The molecule has 40 heteroatoms. The van der Waals surface area contributed by atoms with Crippen LogP contribution in [0.4, 0.5) is 21.9 Å². The highest BCUT2D eigenvalue weighted by Crippen LogP contribution is 2.37. The number of benzene rings is 12. The number of anilines is 1. The van der Waals surface area contributed by atoms with E-state index in [2.05, 4.69) is 82.6 Å². The van der Waals surface area contributed by atoms with Crippen LogP contribution in [-0.2, 0) is 63.1 Å². The summed E-state index contributed by atoms with van der Waals surface area (Å²) in [5.41, 5.74) is 19.1. The van der Waals surface area contributed by atoms with E-state index in [9.17, 15) is 58.9 Å². The van der Waals surface area contributed by atoms with Crippen LogP contribution in [-0.4, -0.2) is 172 Å². The molecule has 0 bridgehead atoms. The number of nitrogens with zero attached hydrogens (tertiary/aromatic N) is 8. The second kappa shape index (κ2) is 53.9. The smallest absolute Gasteiger partial charge is 0.408 e. The van der Waals surface area contributed by atoms with Crippen molar-refractivity contribution < 1.29 is 72.2 Å². The number of carbonyl (C=O) groups excluding carboxylic acids is 7. The van der Waals surface area contributed by atoms with Crippen molar-refractivity contribution in [3.8, 4) is 34.2 Å². The van der Waals surface area contributed by atoms with Crippen LogP contribution in [0.1, 0.15) is 99.6 Å². The number of nitrogens with two attached hydrogens (primary N) is 1. The number of nitrogens with one attached hydrogen (secondary N) is 6. The molecule has 4 aliphatic heterocycles. The molecule has 0 fully saturated rings. The lowest BCUT2D eigenvalue weighted by molar-refractivity contribution is -0.385. The monoisotopic (exact) mass is 2210 g/mol. The lowest BCUT2D eigenvalue weighted by Crippen LogP contribution is -2.46. The second-order valence-corrected chi connectivity index (χ2v) is 37.4. The van der Waals surface area contributed by atoms with Crippen LogP contribution in [0.25, 0.3) is 67.3 Å². The summed E-state index contributed by atoms with van der Waals surface area (Å²) >= 11 is 39.6. The molecule has 9 N–H and O–H groups in total. The zero-order valence-corrected chi connectivity index (χ0v) is 86.1. The summed E-state index contributed by atoms with van der Waals surface area (Å²) in [5, 5.41) is 52.1. The van der Waals surface area contributed by atoms with Crippen LogP contribution < -0.4 is 37.6 Å². The summed E-state index contributed by atoms with van der Waals surface area (Å²) in [6, 6.07) is 83.5. The summed E-state index contributed by atoms with van der Waals surface area (Å²) in [6.45, 7) is 9.70. The number of alkyl carbamates (subject to hydrolysis) is 1. The second-order valence-electron chi connectivity index (χ2n) is 33.4. The number of ether oxygens (including phenoxy) is 5. The van der Waals surface area contributed by atoms with E-state index in [4.69, 9.17) is 104 Å². The van der Waals surface area contributed by atoms with E-state index in [1.54, 1.807) is 57.2 Å². The Bertz CT molecular complexity index is 6850. The molecule has 0 spiro atoms. The number of alkyl halides is 3. The highest BCUT2D eigenvalue weighted by atomic mass is 79.9. The summed E-state index contributed by atoms with van der Waals surface area (Å²) in [5.74, 6) is 1.14. The van der Waals surface area contributed by atoms with Crippen molar-refractivity contribution in [2.75, 3.05) is 56.1 Å². The van der Waals surface area contributed by atoms with E-state index in [-0.39, 0.29) is 99.0 Å². The Balaban J connectivity index is 0.000000153. The van der Waals surface area contributed by atoms with Gasteiger partial charge in [-0.3, -0.25) is 44.2 Å². The number of aliphatic hydroxyl groups excluding tert-OH is 1. The van der Waals surface area contributed by atoms with Gasteiger partial charge in [-0.25, -0.2) is 24.5 Å². The number of esters is 1. The molecule has 4 aliphatic rings. The fourth-order valence-electron chi connectivity index (χ4n) is 15.3. The number of rotatable bonds is 22. The van der Waals surface area contributed by atoms with Crippen molar-refractivity contribution in [2.24, 2.45) is 5.73 Å². The van der Waals surface area contributed by atoms with E-state index in [1.165, 1.54) is 37.4 Å². The van der Waals surface area contributed by atoms with Crippen LogP contribution in [0.15, 0.2) is 284 Å². The minimum Gasteiger partial charge on any atom is -0.465 e. The van der Waals surface area contributed by atoms with Gasteiger partial charge >= 0.3 is 12.1 Å². The predicted octanol–water partition coefficient (Wildman–Crippen LogP) is 21.1. The molecule has 7 heterocycles. The minimum atomic E-state index is -0.611. The maximum atomic E-state index is 12.9. The Kier molecular flexibility index (Phi) is 40.9. The quantitative estimate of drug-likeness (QED) is 0.00780. The SMILES string of the molecule is CC(C)(C)OC(=O)N[C@H](N)COCc1ccccc1.COC(=O)c1cccc([N+](=O)[O-])c1Br.ClCCl.O=C1N[C@@H](CBr)Cn2c(-c3ccc(Cl)cc3)nc3cccc1c32.O=C1N[C@@H](CO)Cn2c(-c3ccc(Cl)cc3)nc3cccc1c32.O=C1N[C@@H](COCc2ccccc2)CNc2c1cccc2[N+](=O)[O-].O=C1N[C@@H](COCc2ccccc2)Cn2c(-c3ccc(Cl)cc3)nc3cccc1c32.O=Cc1ccc(Cl)cc1. The van der Waals surface area contributed by atoms with Gasteiger partial charge in [-0.15, -0.1) is 23.2 Å². The predicted molar refractivity (Wildman–Crippen MR) is 569 cm³/mol. The molecule has 15 aromatic rings. The first kappa shape index (κ1) is 110. The Labute approximate surface area is 880 Å². The molecule has 752 valence electrons. The number of aromatic nitrogens is 6. The fourth-order valence-corrected chi connectivity index (χ4v) is 16.8. The van der Waals surface area contributed by atoms with Gasteiger partial charge < -0.3 is 80.1 Å². The highest BCUT2D eigenvalue weighted by molar-refractivity contribution is 9.10. The van der Waals surface area contributed by atoms with Gasteiger partial charge in [0.25, 0.3) is 35.0 Å². The maximum Gasteiger partial charge on any atom is 0.408 e. The topological polar surface area (TPSA) is 424 Å². The highest BCUT2D eigenvalue weighted by Gasteiger charge is 2.33. The number of hydrogen-bond acceptors (Lipinski definition) is 22. The third-order valence-electron chi connectivity index (χ3n) is 21.9. The number of nitro benzene ring substituents is 2. The molecular weight excluding hydrogens is 2120 g/mol. The molecule has 32 nitrogen and oxygen atoms in total. The van der Waals surface area contributed by atoms with Gasteiger partial charge in [0.1, 0.15) is 45.7 Å². The van der Waals surface area contributed by atoms with Crippen molar-refractivity contribution in [1.82, 2.24) is 55.2 Å². The normalized spacial score (nSPS) is 14.7. The van der Waals surface area contributed by atoms with Crippen molar-refractivity contribution in [3.05, 3.63) is 374 Å². The average molecular weight is 2220 g/mol. The largest absolute Gasteiger partial charge is 0.465 e. The third-order valence-corrected chi connectivity index (χ3v) is 24.5. The number of hydrogen-bond donors (Lipinski definition) is 8. The van der Waals surface area contributed by atoms with Gasteiger partial charge in [0.2, 0.25) is 0 Å². The molecule has 19 rings (SSSR count). The third kappa shape index (κ3) is 30.8. The number of para-hydroxylation sites is 4. The van der Waals surface area contributed by atoms with E-state index in [0.29, 0.717) is 107 Å². The molecular formula is C105H99Br2Cl6N15O17. The Hall–Kier alpha value is -13.6. The standard InChI is InChI=1S/C24H20ClN3O2.C17H13BrClN3O.C17H14ClN3O2.C17H17N3O4.C14H22N2O3.C8H6BrNO4.C7H5ClO.CH2Cl2/c25-18-11-9-17(10-12-18)23-27-21-8-4-7-20-22(21)28(23)13-19(26-24(20)29)15-30-14-16-5-2-1-3-6-16;18-8-12-9-22-15-13(17(23)20-12)2-1-3-14(15)21-16(22)10-4-6-11(19)7-5-10;18-11-6-4-10(5-7-11)16-20-14-3-1-2-13-15(14)21(16)8-12(9-22)19-17(13)23;21-17-14-7-4-8-15(20(22)23)16(14)18-9-13(19-17)11-24-10-12-5-2-1-3-6-12;1-14(2,3)19-13(17)16-12(15)10-18-9-11-7-5-4-6-8-11;1-14-8(11)5-3-2-4-6(7(5)9)10(12)13;8-7-3-1-6(5-9)2-4-7;2-1-3/h1-12,19H,13-15H2,(H,26,29);1-7,12H,8-9H2,(H,20,23);1-7,12,22H,8-9H2,(H,19,23);1-8,13,18H,9-11H2,(H,19,21);4-8,12H,9-10,15H2,1-3H3,(H,16,17);2-4H,1H3;1-5H;1H2/t19-;2*12-;13-;12-;;;/m10110.../s1. The lowest BCUT2D eigenvalue weighted by Gasteiger charge is -2.21. The van der Waals surface area contributed by atoms with E-state index in [0.717, 1.165) is 90.2 Å². The molecule has 5 atom stereocenters. The van der Waals surface area contributed by atoms with E-state index >= 15 is 0 Å². The van der Waals surface area contributed by atoms with Crippen LogP contribution in [0.3, 0.4) is 0 Å². The summed E-state index contributed by atoms with van der Waals surface area (Å²) in [7, 11) is 1.22. The average Bonchev–Trinajstić information content (AvgIpc) is 1.61. The number of halogens is 8. The zero-order chi connectivity index (χ0) is 104. The van der Waals surface area contributed by atoms with Crippen LogP contribution in [0.5, 0.6) is 0 Å². The molecule has 0 saturated carbocycles. The molecule has 3 aromatic heterocycles. The van der Waals surface area contributed by atoms with Crippen molar-refractivity contribution >= 4 is 194 Å². The van der Waals surface area contributed by atoms with E-state index < -0.39 is 33.7 Å². The van der Waals surface area contributed by atoms with Crippen molar-refractivity contribution in [3.63, 3.8) is 0 Å². The van der Waals surface area contributed by atoms with Gasteiger partial charge in [-0.1, -0.05) is 196 Å². The number of carbonyl (C=O) groups is 7. The van der Waals surface area contributed by atoms with Crippen LogP contribution >= 0.6 is 101 Å². The van der Waals surface area contributed by atoms with Gasteiger partial charge in [-0.05, 0) is 187 Å². The summed E-state index contributed by atoms with van der Waals surface area (Å²) < 4.78 is 32.9. The van der Waals surface area contributed by atoms with Crippen LogP contribution in [0.2, 0.25) is 20.1 Å². The van der Waals surface area contributed by atoms with Gasteiger partial charge in [0.15, 0.2) is 0 Å². The molecule has 0 aliphatic carbocycles. The fraction of sp³-hybridized carbons (Fsp3) is 0.219. The molecule has 0 unspecified atom stereocenters. The first-order valence-corrected chi connectivity index (χ1v) is 49.5. The molecule has 12 aromatic carbocycles. The lowest BCUT2D eigenvalue weighted by atomic mass is 10.1. The number of aldehydes is 1. The molecule has 145 heavy (non-hydrogen) atoms. The molecule has 0 saturated heterocycles. The summed E-state index contributed by atoms with van der Waals surface area (Å²) in [6.07, 6.45) is -0.335. The molecule has 0 radical (unpaired) electrons. The minimum absolute atomic E-state index is 0.0124. The van der Waals surface area contributed by atoms with Crippen molar-refractivity contribution in [1.29, 1.82) is 0 Å². The Morgan fingerprint density at radius 2 is 0.862 bits per heavy atom. The number of aliphatic hydroxyl groups is 1. The number of amides is 5. The first-order valence-electron chi connectivity index (χ1n) is 45.0. The van der Waals surface area contributed by atoms with Gasteiger partial charge in [0.05, 0.1) is 154 Å². The molecule has 5 amide bonds. The number of methoxy groups -OCH3 is 1. The van der Waals surface area contributed by atoms with E-state index in [1.807, 2.05) is 217 Å². The Morgan fingerprint density at radius 3 is 1.27 bits per heavy atom. The van der Waals surface area contributed by atoms with Gasteiger partial charge in [-0.2, -0.15) is 0 Å². The first-order chi connectivity index (χ1) is 69.9.